The Labute approximate surface area is 94.0 Å². The van der Waals surface area contributed by atoms with E-state index in [1.165, 1.54) is 6.20 Å². The molecule has 0 fully saturated rings. The van der Waals surface area contributed by atoms with Crippen LogP contribution in [-0.4, -0.2) is 15.1 Å². The molecule has 2 aromatic heterocycles. The average molecular weight is 215 g/mol. The highest BCUT2D eigenvalue weighted by Gasteiger charge is 1.96. The number of nitrogens with zero attached hydrogens (tertiary/aromatic N) is 2. The number of aromatic nitrogens is 2. The molecule has 0 saturated carbocycles. The van der Waals surface area contributed by atoms with Gasteiger partial charge in [0.1, 0.15) is 5.75 Å². The summed E-state index contributed by atoms with van der Waals surface area (Å²) in [4.78, 5) is 8.26. The van der Waals surface area contributed by atoms with Gasteiger partial charge in [0.25, 0.3) is 0 Å². The fourth-order valence-corrected chi connectivity index (χ4v) is 1.29. The van der Waals surface area contributed by atoms with Crippen LogP contribution >= 0.6 is 0 Å². The molecular formula is C12H13N3O. The third-order valence-electron chi connectivity index (χ3n) is 2.19. The first kappa shape index (κ1) is 10.4. The minimum absolute atomic E-state index is 0.181. The predicted octanol–water partition coefficient (Wildman–Crippen LogP) is 2.10. The summed E-state index contributed by atoms with van der Waals surface area (Å²) < 4.78 is 0. The lowest BCUT2D eigenvalue weighted by Gasteiger charge is -2.05. The molecule has 4 heteroatoms. The second-order valence-electron chi connectivity index (χ2n) is 3.55. The minimum Gasteiger partial charge on any atom is -0.506 e. The summed E-state index contributed by atoms with van der Waals surface area (Å²) in [5, 5.41) is 12.3. The van der Waals surface area contributed by atoms with Gasteiger partial charge in [-0.05, 0) is 31.2 Å². The van der Waals surface area contributed by atoms with Gasteiger partial charge in [0.05, 0.1) is 30.3 Å². The van der Waals surface area contributed by atoms with E-state index < -0.39 is 0 Å². The quantitative estimate of drug-likeness (QED) is 0.823. The fraction of sp³-hybridized carbons (Fsp3) is 0.167. The van der Waals surface area contributed by atoms with Gasteiger partial charge in [-0.3, -0.25) is 9.97 Å². The molecule has 0 aliphatic heterocycles. The number of hydrogen-bond acceptors (Lipinski definition) is 4. The van der Waals surface area contributed by atoms with Crippen molar-refractivity contribution in [1.29, 1.82) is 0 Å². The van der Waals surface area contributed by atoms with Crippen LogP contribution < -0.4 is 5.32 Å². The van der Waals surface area contributed by atoms with E-state index in [2.05, 4.69) is 15.3 Å². The molecule has 0 bridgehead atoms. The monoisotopic (exact) mass is 215 g/mol. The van der Waals surface area contributed by atoms with Crippen molar-refractivity contribution in [2.24, 2.45) is 0 Å². The van der Waals surface area contributed by atoms with Crippen LogP contribution in [0.4, 0.5) is 5.69 Å². The van der Waals surface area contributed by atoms with E-state index in [0.29, 0.717) is 6.54 Å². The van der Waals surface area contributed by atoms with Gasteiger partial charge in [0.15, 0.2) is 0 Å². The van der Waals surface area contributed by atoms with E-state index in [4.69, 9.17) is 5.11 Å². The number of pyridine rings is 2. The first-order chi connectivity index (χ1) is 7.74. The minimum atomic E-state index is 0.181. The molecule has 2 rings (SSSR count). The lowest BCUT2D eigenvalue weighted by molar-refractivity contribution is 0.472. The smallest absolute Gasteiger partial charge is 0.133 e. The first-order valence-electron chi connectivity index (χ1n) is 5.04. The summed E-state index contributed by atoms with van der Waals surface area (Å²) >= 11 is 0. The summed E-state index contributed by atoms with van der Waals surface area (Å²) in [6.45, 7) is 2.57. The zero-order valence-corrected chi connectivity index (χ0v) is 9.01. The van der Waals surface area contributed by atoms with Crippen LogP contribution in [0, 0.1) is 6.92 Å². The zero-order valence-electron chi connectivity index (χ0n) is 9.01. The van der Waals surface area contributed by atoms with Gasteiger partial charge in [-0.25, -0.2) is 0 Å². The molecule has 0 radical (unpaired) electrons. The summed E-state index contributed by atoms with van der Waals surface area (Å²) in [7, 11) is 0. The number of nitrogens with one attached hydrogen (secondary N) is 1. The first-order valence-corrected chi connectivity index (χ1v) is 5.04. The Morgan fingerprint density at radius 1 is 1.12 bits per heavy atom. The Morgan fingerprint density at radius 3 is 2.62 bits per heavy atom. The maximum absolute atomic E-state index is 9.08. The number of hydrogen-bond donors (Lipinski definition) is 2. The third kappa shape index (κ3) is 2.70. The van der Waals surface area contributed by atoms with E-state index in [9.17, 15) is 0 Å². The van der Waals surface area contributed by atoms with Crippen molar-refractivity contribution >= 4 is 5.69 Å². The van der Waals surface area contributed by atoms with E-state index in [1.807, 2.05) is 19.1 Å². The highest BCUT2D eigenvalue weighted by atomic mass is 16.3. The van der Waals surface area contributed by atoms with Crippen LogP contribution in [0.15, 0.2) is 36.7 Å². The molecule has 2 aromatic rings. The zero-order chi connectivity index (χ0) is 11.4. The van der Waals surface area contributed by atoms with Crippen LogP contribution in [0.5, 0.6) is 5.75 Å². The van der Waals surface area contributed by atoms with Gasteiger partial charge in [-0.15, -0.1) is 0 Å². The molecule has 2 heterocycles. The summed E-state index contributed by atoms with van der Waals surface area (Å²) in [6, 6.07) is 7.33. The maximum Gasteiger partial charge on any atom is 0.133 e. The molecule has 2 N–H and O–H groups in total. The van der Waals surface area contributed by atoms with E-state index in [1.54, 1.807) is 18.3 Å². The van der Waals surface area contributed by atoms with Crippen LogP contribution in [-0.2, 0) is 6.54 Å². The summed E-state index contributed by atoms with van der Waals surface area (Å²) in [5.41, 5.74) is 2.83. The topological polar surface area (TPSA) is 58.0 Å². The van der Waals surface area contributed by atoms with Crippen LogP contribution in [0.25, 0.3) is 0 Å². The lowest BCUT2D eigenvalue weighted by atomic mass is 10.3. The number of aromatic hydroxyl groups is 1. The SMILES string of the molecule is Cc1ccc(NCc2ccc(O)cn2)cn1. The molecule has 0 saturated heterocycles. The van der Waals surface area contributed by atoms with E-state index in [0.717, 1.165) is 17.1 Å². The van der Waals surface area contributed by atoms with Crippen molar-refractivity contribution in [2.75, 3.05) is 5.32 Å². The molecule has 0 aliphatic carbocycles. The van der Waals surface area contributed by atoms with Crippen molar-refractivity contribution < 1.29 is 5.11 Å². The Balaban J connectivity index is 1.97. The Bertz CT molecular complexity index is 405. The molecule has 82 valence electrons. The van der Waals surface area contributed by atoms with Crippen molar-refractivity contribution in [1.82, 2.24) is 9.97 Å². The van der Waals surface area contributed by atoms with Crippen molar-refractivity contribution in [3.63, 3.8) is 0 Å². The maximum atomic E-state index is 9.08. The second kappa shape index (κ2) is 4.61. The molecule has 0 atom stereocenters. The summed E-state index contributed by atoms with van der Waals surface area (Å²) in [6.07, 6.45) is 3.22. The Hall–Kier alpha value is -2.10. The normalized spacial score (nSPS) is 10.1. The van der Waals surface area contributed by atoms with Crippen LogP contribution in [0.3, 0.4) is 0 Å². The van der Waals surface area contributed by atoms with Gasteiger partial charge in [-0.2, -0.15) is 0 Å². The molecular weight excluding hydrogens is 202 g/mol. The second-order valence-corrected chi connectivity index (χ2v) is 3.55. The van der Waals surface area contributed by atoms with Gasteiger partial charge < -0.3 is 10.4 Å². The van der Waals surface area contributed by atoms with Crippen molar-refractivity contribution in [2.45, 2.75) is 13.5 Å². The molecule has 0 aromatic carbocycles. The number of aryl methyl sites for hydroxylation is 1. The van der Waals surface area contributed by atoms with Gasteiger partial charge in [0.2, 0.25) is 0 Å². The molecule has 4 nitrogen and oxygen atoms in total. The standard InChI is InChI=1S/C12H13N3O/c1-9-2-3-10(6-13-9)14-7-11-4-5-12(16)8-15-11/h2-6,8,14,16H,7H2,1H3. The van der Waals surface area contributed by atoms with Crippen LogP contribution in [0.1, 0.15) is 11.4 Å². The third-order valence-corrected chi connectivity index (χ3v) is 2.19. The van der Waals surface area contributed by atoms with Crippen molar-refractivity contribution in [3.05, 3.63) is 48.0 Å². The lowest BCUT2D eigenvalue weighted by Crippen LogP contribution is -2.01. The largest absolute Gasteiger partial charge is 0.506 e. The van der Waals surface area contributed by atoms with Gasteiger partial charge >= 0.3 is 0 Å². The highest BCUT2D eigenvalue weighted by molar-refractivity contribution is 5.41. The van der Waals surface area contributed by atoms with Gasteiger partial charge in [-0.1, -0.05) is 0 Å². The highest BCUT2D eigenvalue weighted by Crippen LogP contribution is 2.09. The van der Waals surface area contributed by atoms with Crippen molar-refractivity contribution in [3.8, 4) is 5.75 Å². The molecule has 16 heavy (non-hydrogen) atoms. The Morgan fingerprint density at radius 2 is 2.00 bits per heavy atom. The Kier molecular flexibility index (Phi) is 3.00. The fourth-order valence-electron chi connectivity index (χ4n) is 1.29. The van der Waals surface area contributed by atoms with E-state index >= 15 is 0 Å². The summed E-state index contributed by atoms with van der Waals surface area (Å²) in [5.74, 6) is 0.181. The van der Waals surface area contributed by atoms with E-state index in [-0.39, 0.29) is 5.75 Å². The molecule has 0 spiro atoms. The molecule has 0 unspecified atom stereocenters. The molecule has 0 amide bonds. The predicted molar refractivity (Wildman–Crippen MR) is 62.2 cm³/mol. The molecule has 0 aliphatic rings. The van der Waals surface area contributed by atoms with Gasteiger partial charge in [0, 0.05) is 5.69 Å². The number of rotatable bonds is 3. The average Bonchev–Trinajstić information content (AvgIpc) is 2.30. The van der Waals surface area contributed by atoms with Crippen LogP contribution in [0.2, 0.25) is 0 Å². The number of anilines is 1.